The first-order valence-corrected chi connectivity index (χ1v) is 13.6. The molecule has 0 radical (unpaired) electrons. The van der Waals surface area contributed by atoms with Gasteiger partial charge in [0.2, 0.25) is 0 Å². The number of urea groups is 1. The van der Waals surface area contributed by atoms with Gasteiger partial charge < -0.3 is 19.8 Å². The molecule has 5 aromatic rings. The summed E-state index contributed by atoms with van der Waals surface area (Å²) in [6, 6.07) is 13.5. The number of rotatable bonds is 4. The van der Waals surface area contributed by atoms with Crippen molar-refractivity contribution in [2.75, 3.05) is 22.1 Å². The molecule has 1 aliphatic heterocycles. The molecule has 13 heteroatoms. The molecule has 3 N–H and O–H groups in total. The van der Waals surface area contributed by atoms with Gasteiger partial charge in [-0.2, -0.15) is 13.2 Å². The van der Waals surface area contributed by atoms with Crippen LogP contribution in [0.3, 0.4) is 0 Å². The average Bonchev–Trinajstić information content (AvgIpc) is 3.60. The third-order valence-electron chi connectivity index (χ3n) is 6.99. The molecular weight excluding hydrogens is 574 g/mol. The Balaban J connectivity index is 1.36. The zero-order valence-electron chi connectivity index (χ0n) is 22.4. The number of aromatic nitrogens is 2. The van der Waals surface area contributed by atoms with Crippen molar-refractivity contribution in [3.63, 3.8) is 0 Å². The minimum atomic E-state index is -4.78. The lowest BCUT2D eigenvalue weighted by Gasteiger charge is -2.25. The van der Waals surface area contributed by atoms with Crippen molar-refractivity contribution in [2.24, 2.45) is 0 Å². The molecule has 0 saturated carbocycles. The van der Waals surface area contributed by atoms with Gasteiger partial charge in [-0.05, 0) is 36.8 Å². The number of anilines is 4. The molecule has 0 atom stereocenters. The van der Waals surface area contributed by atoms with Gasteiger partial charge in [0.05, 0.1) is 32.8 Å². The van der Waals surface area contributed by atoms with E-state index in [9.17, 15) is 23.1 Å². The number of alkyl halides is 3. The molecule has 0 spiro atoms. The van der Waals surface area contributed by atoms with E-state index < -0.39 is 40.6 Å². The smallest absolute Gasteiger partial charge is 0.436 e. The van der Waals surface area contributed by atoms with E-state index in [0.717, 1.165) is 21.8 Å². The molecular formula is C29H23F4N5O3S. The lowest BCUT2D eigenvalue weighted by Crippen LogP contribution is -2.27. The van der Waals surface area contributed by atoms with Gasteiger partial charge >= 0.3 is 12.2 Å². The zero-order valence-corrected chi connectivity index (χ0v) is 23.2. The normalized spacial score (nSPS) is 14.3. The predicted octanol–water partition coefficient (Wildman–Crippen LogP) is 8.20. The van der Waals surface area contributed by atoms with Crippen LogP contribution < -0.4 is 15.5 Å². The summed E-state index contributed by atoms with van der Waals surface area (Å²) in [6.45, 7) is 5.71. The van der Waals surface area contributed by atoms with Crippen LogP contribution in [0.25, 0.3) is 21.5 Å². The number of nitrogens with zero attached hydrogens (tertiary/aromatic N) is 3. The molecule has 0 unspecified atom stereocenters. The molecule has 8 nitrogen and oxygen atoms in total. The highest BCUT2D eigenvalue weighted by Gasteiger charge is 2.44. The van der Waals surface area contributed by atoms with Crippen LogP contribution >= 0.6 is 11.3 Å². The highest BCUT2D eigenvalue weighted by atomic mass is 32.1. The molecule has 216 valence electrons. The number of carbonyl (C=O) groups is 1. The van der Waals surface area contributed by atoms with E-state index in [0.29, 0.717) is 22.6 Å². The van der Waals surface area contributed by atoms with Crippen LogP contribution in [0.2, 0.25) is 0 Å². The number of hydrogen-bond donors (Lipinski definition) is 3. The Morgan fingerprint density at radius 3 is 2.62 bits per heavy atom. The van der Waals surface area contributed by atoms with Gasteiger partial charge in [-0.1, -0.05) is 48.5 Å². The fraction of sp³-hybridized carbons (Fsp3) is 0.207. The van der Waals surface area contributed by atoms with Gasteiger partial charge in [-0.15, -0.1) is 0 Å². The Morgan fingerprint density at radius 1 is 1.12 bits per heavy atom. The predicted molar refractivity (Wildman–Crippen MR) is 152 cm³/mol. The summed E-state index contributed by atoms with van der Waals surface area (Å²) in [7, 11) is 0. The lowest BCUT2D eigenvalue weighted by molar-refractivity contribution is -0.142. The van der Waals surface area contributed by atoms with Crippen molar-refractivity contribution in [3.05, 3.63) is 77.2 Å². The maximum atomic E-state index is 15.3. The highest BCUT2D eigenvalue weighted by molar-refractivity contribution is 7.22. The molecule has 0 fully saturated rings. The number of carbonyl (C=O) groups excluding carboxylic acids is 1. The number of halogens is 4. The molecule has 3 heterocycles. The Bertz CT molecular complexity index is 1860. The van der Waals surface area contributed by atoms with Crippen LogP contribution in [-0.2, 0) is 11.6 Å². The maximum absolute atomic E-state index is 15.3. The Morgan fingerprint density at radius 2 is 1.88 bits per heavy atom. The van der Waals surface area contributed by atoms with Crippen LogP contribution in [0.4, 0.5) is 44.5 Å². The third kappa shape index (κ3) is 4.79. The number of para-hydroxylation sites is 2. The van der Waals surface area contributed by atoms with Crippen LogP contribution in [0.1, 0.15) is 30.7 Å². The number of phenols is 1. The maximum Gasteiger partial charge on any atom is 0.436 e. The van der Waals surface area contributed by atoms with Crippen molar-refractivity contribution in [3.8, 4) is 17.1 Å². The van der Waals surface area contributed by atoms with E-state index in [1.54, 1.807) is 43.0 Å². The van der Waals surface area contributed by atoms with Crippen molar-refractivity contribution in [1.29, 1.82) is 0 Å². The molecule has 42 heavy (non-hydrogen) atoms. The SMILES string of the molecule is Cc1ccc2nc(NC(=O)Nc3ccccc3N3CC(C)(C)c4c(-c5cc(C(F)(F)F)no5)c(F)cc(O)c43)sc2c1. The lowest BCUT2D eigenvalue weighted by atomic mass is 9.82. The second kappa shape index (κ2) is 9.72. The van der Waals surface area contributed by atoms with E-state index in [4.69, 9.17) is 4.52 Å². The Labute approximate surface area is 240 Å². The Hall–Kier alpha value is -4.65. The van der Waals surface area contributed by atoms with Gasteiger partial charge in [-0.25, -0.2) is 14.2 Å². The standard InChI is InChI=1S/C29H23F4N5O3S/c1-14-8-9-17-21(10-14)42-27(35-17)36-26(40)34-16-6-4-5-7-18(16)38-13-28(2,3)24-23(15(30)11-19(39)25(24)38)20-12-22(37-41-20)29(31,32)33/h4-12,39H,13H2,1-3H3,(H2,34,35,36,40). The van der Waals surface area contributed by atoms with Gasteiger partial charge in [0.1, 0.15) is 11.6 Å². The second-order valence-electron chi connectivity index (χ2n) is 10.6. The number of hydrogen-bond acceptors (Lipinski definition) is 7. The van der Waals surface area contributed by atoms with Crippen LogP contribution in [0.15, 0.2) is 59.1 Å². The molecule has 0 saturated heterocycles. The first kappa shape index (κ1) is 27.5. The van der Waals surface area contributed by atoms with Crippen LogP contribution in [-0.4, -0.2) is 27.8 Å². The Kier molecular flexibility index (Phi) is 6.37. The monoisotopic (exact) mass is 597 g/mol. The molecule has 3 aromatic carbocycles. The summed E-state index contributed by atoms with van der Waals surface area (Å²) in [5.41, 5.74) is 0.698. The number of amides is 2. The summed E-state index contributed by atoms with van der Waals surface area (Å²) in [6.07, 6.45) is -4.78. The minimum Gasteiger partial charge on any atom is -0.506 e. The average molecular weight is 598 g/mol. The van der Waals surface area contributed by atoms with Gasteiger partial charge in [0.15, 0.2) is 16.6 Å². The number of aryl methyl sites for hydroxylation is 1. The number of phenolic OH excluding ortho intramolecular Hbond substituents is 1. The first-order valence-electron chi connectivity index (χ1n) is 12.7. The molecule has 6 rings (SSSR count). The number of benzene rings is 3. The molecule has 0 aliphatic carbocycles. The molecule has 2 aromatic heterocycles. The molecule has 0 bridgehead atoms. The summed E-state index contributed by atoms with van der Waals surface area (Å²) < 4.78 is 60.9. The number of fused-ring (bicyclic) bond motifs is 2. The van der Waals surface area contributed by atoms with Crippen molar-refractivity contribution in [2.45, 2.75) is 32.4 Å². The summed E-state index contributed by atoms with van der Waals surface area (Å²) in [5.74, 6) is -1.79. The third-order valence-corrected chi connectivity index (χ3v) is 7.92. The summed E-state index contributed by atoms with van der Waals surface area (Å²) in [5, 5.41) is 20.0. The number of thiazole rings is 1. The van der Waals surface area contributed by atoms with Gasteiger partial charge in [-0.3, -0.25) is 5.32 Å². The topological polar surface area (TPSA) is 104 Å². The van der Waals surface area contributed by atoms with E-state index in [2.05, 4.69) is 20.8 Å². The fourth-order valence-electron chi connectivity index (χ4n) is 5.24. The number of nitrogens with one attached hydrogen (secondary N) is 2. The molecule has 1 aliphatic rings. The summed E-state index contributed by atoms with van der Waals surface area (Å²) >= 11 is 1.33. The van der Waals surface area contributed by atoms with Crippen molar-refractivity contribution >= 4 is 49.8 Å². The summed E-state index contributed by atoms with van der Waals surface area (Å²) in [4.78, 5) is 19.1. The molecule has 2 amide bonds. The first-order chi connectivity index (χ1) is 19.8. The van der Waals surface area contributed by atoms with E-state index in [1.807, 2.05) is 25.1 Å². The minimum absolute atomic E-state index is 0.178. The largest absolute Gasteiger partial charge is 0.506 e. The van der Waals surface area contributed by atoms with E-state index >= 15 is 4.39 Å². The van der Waals surface area contributed by atoms with Crippen molar-refractivity contribution in [1.82, 2.24) is 10.1 Å². The fourth-order valence-corrected chi connectivity index (χ4v) is 6.19. The van der Waals surface area contributed by atoms with Gasteiger partial charge in [0, 0.05) is 29.7 Å². The van der Waals surface area contributed by atoms with Crippen LogP contribution in [0.5, 0.6) is 5.75 Å². The van der Waals surface area contributed by atoms with Crippen molar-refractivity contribution < 1.29 is 32.0 Å². The second-order valence-corrected chi connectivity index (χ2v) is 11.6. The quantitative estimate of drug-likeness (QED) is 0.181. The zero-order chi connectivity index (χ0) is 30.0. The van der Waals surface area contributed by atoms with Gasteiger partial charge in [0.25, 0.3) is 0 Å². The highest BCUT2D eigenvalue weighted by Crippen LogP contribution is 2.54. The van der Waals surface area contributed by atoms with E-state index in [1.165, 1.54) is 11.3 Å². The van der Waals surface area contributed by atoms with Crippen LogP contribution in [0, 0.1) is 12.7 Å². The number of aromatic hydroxyl groups is 1. The van der Waals surface area contributed by atoms with E-state index in [-0.39, 0.29) is 23.4 Å².